The van der Waals surface area contributed by atoms with Crippen molar-refractivity contribution in [2.75, 3.05) is 32.9 Å². The van der Waals surface area contributed by atoms with E-state index in [0.29, 0.717) is 28.6 Å². The minimum Gasteiger partial charge on any atom is -0.412 e. The van der Waals surface area contributed by atoms with Crippen molar-refractivity contribution in [3.8, 4) is 0 Å². The van der Waals surface area contributed by atoms with Gasteiger partial charge in [-0.3, -0.25) is 9.59 Å². The second-order valence-corrected chi connectivity index (χ2v) is 11.3. The number of piperidine rings is 1. The fourth-order valence-electron chi connectivity index (χ4n) is 5.82. The number of likely N-dealkylation sites (tertiary alicyclic amines) is 1. The maximum atomic E-state index is 13.2. The summed E-state index contributed by atoms with van der Waals surface area (Å²) in [6, 6.07) is 25.1. The van der Waals surface area contributed by atoms with Crippen molar-refractivity contribution in [1.82, 2.24) is 15.1 Å². The summed E-state index contributed by atoms with van der Waals surface area (Å²) in [5.74, 6) is -0.0770. The van der Waals surface area contributed by atoms with Crippen LogP contribution in [0.3, 0.4) is 0 Å². The third-order valence-corrected chi connectivity index (χ3v) is 8.72. The number of hydrogen-bond donors (Lipinski definition) is 1. The topological polar surface area (TPSA) is 93.4 Å². The lowest BCUT2D eigenvalue weighted by molar-refractivity contribution is -0.121. The second kappa shape index (κ2) is 14.0. The van der Waals surface area contributed by atoms with Gasteiger partial charge in [0.2, 0.25) is 5.91 Å². The van der Waals surface area contributed by atoms with E-state index in [1.165, 1.54) is 0 Å². The molecule has 1 atom stereocenters. The van der Waals surface area contributed by atoms with Gasteiger partial charge in [-0.2, -0.15) is 0 Å². The highest BCUT2D eigenvalue weighted by Gasteiger charge is 2.44. The molecule has 0 bridgehead atoms. The van der Waals surface area contributed by atoms with Crippen LogP contribution in [0.25, 0.3) is 0 Å². The lowest BCUT2D eigenvalue weighted by Gasteiger charge is -2.43. The molecule has 0 spiro atoms. The van der Waals surface area contributed by atoms with Crippen LogP contribution in [0.4, 0.5) is 0 Å². The maximum absolute atomic E-state index is 13.2. The van der Waals surface area contributed by atoms with Crippen molar-refractivity contribution in [3.63, 3.8) is 0 Å². The van der Waals surface area contributed by atoms with E-state index in [-0.39, 0.29) is 42.0 Å². The largest absolute Gasteiger partial charge is 0.412 e. The first-order chi connectivity index (χ1) is 18.8. The zero-order chi connectivity index (χ0) is 27.5. The average molecular weight is 621 g/mol. The second-order valence-electron chi connectivity index (χ2n) is 10.5. The van der Waals surface area contributed by atoms with Gasteiger partial charge in [-0.25, -0.2) is 0 Å². The molecule has 0 aromatic heterocycles. The summed E-state index contributed by atoms with van der Waals surface area (Å²) >= 11 is 12.6. The Kier molecular flexibility index (Phi) is 11.2. The Labute approximate surface area is 257 Å². The van der Waals surface area contributed by atoms with Gasteiger partial charge in [-0.1, -0.05) is 77.8 Å². The first-order valence-electron chi connectivity index (χ1n) is 13.3. The van der Waals surface area contributed by atoms with Crippen LogP contribution in [0, 0.1) is 0 Å². The van der Waals surface area contributed by atoms with E-state index < -0.39 is 5.60 Å². The number of nitrogens with zero attached hydrogens (tertiary/aromatic N) is 2. The number of hydrogen-bond acceptors (Lipinski definition) is 4. The van der Waals surface area contributed by atoms with Crippen molar-refractivity contribution in [3.05, 3.63) is 106 Å². The Morgan fingerprint density at radius 1 is 0.902 bits per heavy atom. The summed E-state index contributed by atoms with van der Waals surface area (Å²) in [6.45, 7) is 4.65. The van der Waals surface area contributed by atoms with E-state index in [1.54, 1.807) is 17.9 Å². The van der Waals surface area contributed by atoms with Gasteiger partial charge in [-0.05, 0) is 54.7 Å². The molecule has 41 heavy (non-hydrogen) atoms. The molecule has 3 N–H and O–H groups in total. The Morgan fingerprint density at radius 2 is 1.54 bits per heavy atom. The Hall–Kier alpha value is -2.65. The Bertz CT molecular complexity index is 1320. The molecule has 7 nitrogen and oxygen atoms in total. The fourth-order valence-corrected chi connectivity index (χ4v) is 6.12. The van der Waals surface area contributed by atoms with Gasteiger partial charge >= 0.3 is 0 Å². The minimum absolute atomic E-state index is 0. The van der Waals surface area contributed by atoms with Gasteiger partial charge in [-0.15, -0.1) is 12.4 Å². The zero-order valence-electron chi connectivity index (χ0n) is 22.9. The van der Waals surface area contributed by atoms with E-state index in [2.05, 4.69) is 22.3 Å². The predicted molar refractivity (Wildman–Crippen MR) is 165 cm³/mol. The molecule has 2 aliphatic rings. The number of halogens is 3. The molecule has 2 amide bonds. The minimum atomic E-state index is -0.704. The van der Waals surface area contributed by atoms with Crippen LogP contribution >= 0.6 is 35.6 Å². The zero-order valence-corrected chi connectivity index (χ0v) is 25.3. The lowest BCUT2D eigenvalue weighted by atomic mass is 9.80. The van der Waals surface area contributed by atoms with Crippen LogP contribution in [-0.2, 0) is 20.7 Å². The average Bonchev–Trinajstić information content (AvgIpc) is 3.40. The normalized spacial score (nSPS) is 20.0. The van der Waals surface area contributed by atoms with E-state index in [4.69, 9.17) is 27.9 Å². The number of nitrogens with one attached hydrogen (secondary N) is 1. The summed E-state index contributed by atoms with van der Waals surface area (Å²) < 4.78 is 6.45. The monoisotopic (exact) mass is 619 g/mol. The summed E-state index contributed by atoms with van der Waals surface area (Å²) in [4.78, 5) is 29.5. The van der Waals surface area contributed by atoms with Gasteiger partial charge in [0.25, 0.3) is 5.91 Å². The molecule has 2 aliphatic heterocycles. The van der Waals surface area contributed by atoms with Crippen LogP contribution in [0.2, 0.25) is 10.0 Å². The smallest absolute Gasteiger partial charge is 0.255 e. The molecule has 5 rings (SSSR count). The van der Waals surface area contributed by atoms with Gasteiger partial charge in [0.1, 0.15) is 12.3 Å². The highest BCUT2D eigenvalue weighted by atomic mass is 35.5. The van der Waals surface area contributed by atoms with Crippen LogP contribution in [-0.4, -0.2) is 60.0 Å². The molecule has 1 unspecified atom stereocenters. The van der Waals surface area contributed by atoms with E-state index in [1.807, 2.05) is 60.7 Å². The quantitative estimate of drug-likeness (QED) is 0.381. The first-order valence-corrected chi connectivity index (χ1v) is 14.1. The summed E-state index contributed by atoms with van der Waals surface area (Å²) in [5, 5.41) is 4.19. The van der Waals surface area contributed by atoms with Crippen molar-refractivity contribution < 1.29 is 19.8 Å². The molecule has 3 aromatic carbocycles. The first kappa shape index (κ1) is 32.9. The molecular formula is C31H36Cl3N3O4. The Morgan fingerprint density at radius 3 is 2.15 bits per heavy atom. The van der Waals surface area contributed by atoms with Crippen molar-refractivity contribution in [2.45, 2.75) is 37.3 Å². The van der Waals surface area contributed by atoms with Crippen molar-refractivity contribution >= 4 is 47.4 Å². The molecule has 0 saturated carbocycles. The number of rotatable bonds is 7. The van der Waals surface area contributed by atoms with E-state index in [0.717, 1.165) is 43.6 Å². The third-order valence-electron chi connectivity index (χ3n) is 7.98. The molecule has 10 heteroatoms. The molecule has 0 radical (unpaired) electrons. The number of carbonyl (C=O) groups excluding carboxylic acids is 2. The molecule has 3 aromatic rings. The number of ether oxygens (including phenoxy) is 1. The highest BCUT2D eigenvalue weighted by molar-refractivity contribution is 6.42. The predicted octanol–water partition coefficient (Wildman–Crippen LogP) is 5.43. The number of carbonyl (C=O) groups is 2. The highest BCUT2D eigenvalue weighted by Crippen LogP contribution is 2.40. The van der Waals surface area contributed by atoms with Crippen molar-refractivity contribution in [1.29, 1.82) is 0 Å². The standard InChI is InChI=1S/C31H33Cl2N3O3.ClH.H2O/c1-23(37)34-30(25-10-6-3-7-11-25)14-17-35(18-15-30)19-16-31(26-12-13-27(32)28(33)20-26)21-36(22-39-31)29(38)24-8-4-2-5-9-24;;/h2-13,20H,14-19,21-22H2,1H3,(H,34,37);1H;1H2. The van der Waals surface area contributed by atoms with E-state index >= 15 is 0 Å². The maximum Gasteiger partial charge on any atom is 0.255 e. The van der Waals surface area contributed by atoms with E-state index in [9.17, 15) is 9.59 Å². The third kappa shape index (κ3) is 7.23. The summed E-state index contributed by atoms with van der Waals surface area (Å²) in [7, 11) is 0. The van der Waals surface area contributed by atoms with Gasteiger partial charge in [0, 0.05) is 32.1 Å². The van der Waals surface area contributed by atoms with Gasteiger partial charge in [0.15, 0.2) is 0 Å². The molecular weight excluding hydrogens is 585 g/mol. The SMILES string of the molecule is CC(=O)NC1(c2ccccc2)CCN(CCC2(c3ccc(Cl)c(Cl)c3)CN(C(=O)c3ccccc3)CO2)CC1.Cl.O. The fraction of sp³-hybridized carbons (Fsp3) is 0.355. The Balaban J connectivity index is 0.00000231. The van der Waals surface area contributed by atoms with Crippen LogP contribution in [0.1, 0.15) is 47.7 Å². The van der Waals surface area contributed by atoms with Gasteiger partial charge in [0.05, 0.1) is 22.1 Å². The molecule has 0 aliphatic carbocycles. The number of benzene rings is 3. The molecule has 2 fully saturated rings. The van der Waals surface area contributed by atoms with Gasteiger partial charge < -0.3 is 25.3 Å². The van der Waals surface area contributed by atoms with Crippen LogP contribution < -0.4 is 5.32 Å². The molecule has 2 saturated heterocycles. The molecule has 220 valence electrons. The van der Waals surface area contributed by atoms with Crippen LogP contribution in [0.15, 0.2) is 78.9 Å². The number of amides is 2. The lowest BCUT2D eigenvalue weighted by Crippen LogP contribution is -2.53. The summed E-state index contributed by atoms with van der Waals surface area (Å²) in [5.41, 5.74) is 1.62. The summed E-state index contributed by atoms with van der Waals surface area (Å²) in [6.07, 6.45) is 2.31. The molecule has 2 heterocycles. The van der Waals surface area contributed by atoms with Crippen LogP contribution in [0.5, 0.6) is 0 Å². The van der Waals surface area contributed by atoms with Crippen molar-refractivity contribution in [2.24, 2.45) is 0 Å².